The highest BCUT2D eigenvalue weighted by Gasteiger charge is 2.16. The van der Waals surface area contributed by atoms with Gasteiger partial charge in [-0.05, 0) is 32.0 Å². The van der Waals surface area contributed by atoms with Gasteiger partial charge in [0.25, 0.3) is 0 Å². The second-order valence-corrected chi connectivity index (χ2v) is 5.92. The Hall–Kier alpha value is -1.60. The smallest absolute Gasteiger partial charge is 0.240 e. The number of hydrogen-bond acceptors (Lipinski definition) is 4. The number of nitrogens with one attached hydrogen (secondary N) is 2. The number of carbonyl (C=O) groups excluding carboxylic acids is 1. The van der Waals surface area contributed by atoms with Gasteiger partial charge in [-0.25, -0.2) is 13.1 Å². The van der Waals surface area contributed by atoms with E-state index in [4.69, 9.17) is 5.73 Å². The predicted octanol–water partition coefficient (Wildman–Crippen LogP) is 0.914. The highest BCUT2D eigenvalue weighted by Crippen LogP contribution is 2.22. The normalized spacial score (nSPS) is 11.6. The molecule has 0 radical (unpaired) electrons. The zero-order valence-corrected chi connectivity index (χ0v) is 11.3. The summed E-state index contributed by atoms with van der Waals surface area (Å²) in [6.45, 7) is 4.81. The number of nitrogens with two attached hydrogens (primary N) is 1. The minimum Gasteiger partial charge on any atom is -0.397 e. The third kappa shape index (κ3) is 3.71. The Bertz CT molecular complexity index is 553. The van der Waals surface area contributed by atoms with Crippen molar-refractivity contribution in [2.45, 2.75) is 31.7 Å². The zero-order valence-electron chi connectivity index (χ0n) is 10.5. The summed E-state index contributed by atoms with van der Waals surface area (Å²) in [7, 11) is -3.57. The van der Waals surface area contributed by atoms with Crippen molar-refractivity contribution in [3.63, 3.8) is 0 Å². The molecule has 1 amide bonds. The Balaban J connectivity index is 3.08. The van der Waals surface area contributed by atoms with Crippen molar-refractivity contribution >= 4 is 27.3 Å². The minimum atomic E-state index is -3.57. The third-order valence-corrected chi connectivity index (χ3v) is 3.69. The molecule has 0 fully saturated rings. The van der Waals surface area contributed by atoms with Crippen LogP contribution in [0.5, 0.6) is 0 Å². The number of benzene rings is 1. The average Bonchev–Trinajstić information content (AvgIpc) is 2.18. The number of rotatable bonds is 4. The average molecular weight is 271 g/mol. The number of nitrogen functional groups attached to an aromatic ring is 1. The first-order valence-electron chi connectivity index (χ1n) is 5.42. The van der Waals surface area contributed by atoms with E-state index in [2.05, 4.69) is 10.0 Å². The first-order valence-corrected chi connectivity index (χ1v) is 6.90. The van der Waals surface area contributed by atoms with E-state index in [1.165, 1.54) is 25.1 Å². The van der Waals surface area contributed by atoms with E-state index < -0.39 is 10.0 Å². The van der Waals surface area contributed by atoms with Crippen molar-refractivity contribution in [2.24, 2.45) is 0 Å². The highest BCUT2D eigenvalue weighted by atomic mass is 32.2. The number of hydrogen-bond donors (Lipinski definition) is 3. The third-order valence-electron chi connectivity index (χ3n) is 2.03. The quantitative estimate of drug-likeness (QED) is 0.708. The Morgan fingerprint density at radius 2 is 1.94 bits per heavy atom. The summed E-state index contributed by atoms with van der Waals surface area (Å²) in [6.07, 6.45) is 0. The lowest BCUT2D eigenvalue weighted by molar-refractivity contribution is -0.114. The number of carbonyl (C=O) groups is 1. The summed E-state index contributed by atoms with van der Waals surface area (Å²) in [6, 6.07) is 3.97. The summed E-state index contributed by atoms with van der Waals surface area (Å²) in [4.78, 5) is 11.0. The summed E-state index contributed by atoms with van der Waals surface area (Å²) < 4.78 is 26.2. The molecule has 1 aromatic carbocycles. The summed E-state index contributed by atoms with van der Waals surface area (Å²) in [5.41, 5.74) is 6.29. The molecule has 0 aliphatic heterocycles. The molecule has 100 valence electrons. The van der Waals surface area contributed by atoms with Crippen LogP contribution in [0.4, 0.5) is 11.4 Å². The number of amides is 1. The predicted molar refractivity (Wildman–Crippen MR) is 70.6 cm³/mol. The van der Waals surface area contributed by atoms with Crippen LogP contribution in [-0.4, -0.2) is 20.4 Å². The summed E-state index contributed by atoms with van der Waals surface area (Å²) in [5, 5.41) is 2.51. The van der Waals surface area contributed by atoms with Gasteiger partial charge < -0.3 is 11.1 Å². The van der Waals surface area contributed by atoms with Gasteiger partial charge in [0.2, 0.25) is 15.9 Å². The van der Waals surface area contributed by atoms with E-state index in [0.29, 0.717) is 5.69 Å². The molecule has 18 heavy (non-hydrogen) atoms. The molecule has 1 aromatic rings. The SMILES string of the molecule is CC(=O)Nc1ccc(S(=O)(=O)NC(C)C)cc1N. The van der Waals surface area contributed by atoms with Crippen LogP contribution >= 0.6 is 0 Å². The summed E-state index contributed by atoms with van der Waals surface area (Å²) in [5.74, 6) is -0.266. The summed E-state index contributed by atoms with van der Waals surface area (Å²) >= 11 is 0. The highest BCUT2D eigenvalue weighted by molar-refractivity contribution is 7.89. The van der Waals surface area contributed by atoms with Crippen LogP contribution in [0.3, 0.4) is 0 Å². The van der Waals surface area contributed by atoms with E-state index >= 15 is 0 Å². The van der Waals surface area contributed by atoms with Crippen molar-refractivity contribution in [1.82, 2.24) is 4.72 Å². The van der Waals surface area contributed by atoms with Gasteiger partial charge in [-0.1, -0.05) is 0 Å². The second-order valence-electron chi connectivity index (χ2n) is 4.21. The molecule has 6 nitrogen and oxygen atoms in total. The largest absolute Gasteiger partial charge is 0.397 e. The van der Waals surface area contributed by atoms with Crippen molar-refractivity contribution in [3.8, 4) is 0 Å². The van der Waals surface area contributed by atoms with Gasteiger partial charge in [-0.3, -0.25) is 4.79 Å². The molecule has 0 bridgehead atoms. The molecule has 0 aromatic heterocycles. The lowest BCUT2D eigenvalue weighted by atomic mass is 10.2. The lowest BCUT2D eigenvalue weighted by Crippen LogP contribution is -2.30. The molecule has 1 rings (SSSR count). The monoisotopic (exact) mass is 271 g/mol. The maximum atomic E-state index is 11.9. The second kappa shape index (κ2) is 5.36. The number of sulfonamides is 1. The molecular formula is C11H17N3O3S. The van der Waals surface area contributed by atoms with Gasteiger partial charge in [0.05, 0.1) is 16.3 Å². The van der Waals surface area contributed by atoms with Crippen LogP contribution in [-0.2, 0) is 14.8 Å². The van der Waals surface area contributed by atoms with Crippen LogP contribution in [0.15, 0.2) is 23.1 Å². The molecule has 7 heteroatoms. The van der Waals surface area contributed by atoms with E-state index in [0.717, 1.165) is 0 Å². The molecule has 0 aliphatic rings. The van der Waals surface area contributed by atoms with Crippen LogP contribution in [0, 0.1) is 0 Å². The maximum absolute atomic E-state index is 11.9. The maximum Gasteiger partial charge on any atom is 0.240 e. The first-order chi connectivity index (χ1) is 8.22. The molecule has 0 saturated heterocycles. The van der Waals surface area contributed by atoms with E-state index in [1.54, 1.807) is 13.8 Å². The van der Waals surface area contributed by atoms with Crippen LogP contribution in [0.2, 0.25) is 0 Å². The van der Waals surface area contributed by atoms with E-state index in [1.807, 2.05) is 0 Å². The van der Waals surface area contributed by atoms with Gasteiger partial charge in [0.15, 0.2) is 0 Å². The fourth-order valence-corrected chi connectivity index (χ4v) is 2.68. The van der Waals surface area contributed by atoms with E-state index in [9.17, 15) is 13.2 Å². The fraction of sp³-hybridized carbons (Fsp3) is 0.364. The van der Waals surface area contributed by atoms with Gasteiger partial charge >= 0.3 is 0 Å². The van der Waals surface area contributed by atoms with E-state index in [-0.39, 0.29) is 22.5 Å². The molecule has 0 aliphatic carbocycles. The van der Waals surface area contributed by atoms with Crippen molar-refractivity contribution < 1.29 is 13.2 Å². The van der Waals surface area contributed by atoms with Gasteiger partial charge in [-0.15, -0.1) is 0 Å². The lowest BCUT2D eigenvalue weighted by Gasteiger charge is -2.12. The molecule has 4 N–H and O–H groups in total. The molecule has 0 saturated carbocycles. The van der Waals surface area contributed by atoms with Gasteiger partial charge in [0.1, 0.15) is 0 Å². The Morgan fingerprint density at radius 3 is 2.39 bits per heavy atom. The molecule has 0 unspecified atom stereocenters. The minimum absolute atomic E-state index is 0.0720. The Morgan fingerprint density at radius 1 is 1.33 bits per heavy atom. The zero-order chi connectivity index (χ0) is 13.9. The van der Waals surface area contributed by atoms with Crippen molar-refractivity contribution in [3.05, 3.63) is 18.2 Å². The van der Waals surface area contributed by atoms with Gasteiger partial charge in [0, 0.05) is 13.0 Å². The Kier molecular flexibility index (Phi) is 4.31. The molecular weight excluding hydrogens is 254 g/mol. The first kappa shape index (κ1) is 14.5. The molecule has 0 atom stereocenters. The standard InChI is InChI=1S/C11H17N3O3S/c1-7(2)14-18(16,17)9-4-5-11(10(12)6-9)13-8(3)15/h4-7,14H,12H2,1-3H3,(H,13,15). The number of anilines is 2. The fourth-order valence-electron chi connectivity index (χ4n) is 1.39. The topological polar surface area (TPSA) is 101 Å². The molecule has 0 heterocycles. The van der Waals surface area contributed by atoms with Crippen LogP contribution in [0.25, 0.3) is 0 Å². The van der Waals surface area contributed by atoms with Crippen molar-refractivity contribution in [1.29, 1.82) is 0 Å². The Labute approximate surface area is 107 Å². The van der Waals surface area contributed by atoms with Crippen LogP contribution < -0.4 is 15.8 Å². The molecule has 0 spiro atoms. The van der Waals surface area contributed by atoms with Crippen LogP contribution in [0.1, 0.15) is 20.8 Å². The van der Waals surface area contributed by atoms with Gasteiger partial charge in [-0.2, -0.15) is 0 Å². The van der Waals surface area contributed by atoms with Crippen molar-refractivity contribution in [2.75, 3.05) is 11.1 Å².